The van der Waals surface area contributed by atoms with Crippen molar-refractivity contribution in [2.75, 3.05) is 36.8 Å². The summed E-state index contributed by atoms with van der Waals surface area (Å²) < 4.78 is 1.14. The molecule has 3 aliphatic rings. The minimum Gasteiger partial charge on any atom is -0.391 e. The quantitative estimate of drug-likeness (QED) is 0.513. The van der Waals surface area contributed by atoms with Crippen molar-refractivity contribution in [2.45, 2.75) is 31.4 Å². The van der Waals surface area contributed by atoms with E-state index in [9.17, 15) is 9.90 Å². The number of likely N-dealkylation sites (tertiary alicyclic amines) is 1. The maximum absolute atomic E-state index is 12.7. The van der Waals surface area contributed by atoms with E-state index in [-0.39, 0.29) is 18.2 Å². The first kappa shape index (κ1) is 20.4. The van der Waals surface area contributed by atoms with Crippen LogP contribution in [0, 0.1) is 0 Å². The number of aromatic nitrogens is 3. The second-order valence-electron chi connectivity index (χ2n) is 8.76. The van der Waals surface area contributed by atoms with E-state index in [1.54, 1.807) is 22.6 Å². The second-order valence-corrected chi connectivity index (χ2v) is 9.64. The topological polar surface area (TPSA) is 107 Å². The molecule has 3 aromatic rings. The van der Waals surface area contributed by atoms with Crippen LogP contribution in [-0.4, -0.2) is 74.2 Å². The van der Waals surface area contributed by atoms with Crippen molar-refractivity contribution in [3.05, 3.63) is 47.2 Å². The third-order valence-corrected chi connectivity index (χ3v) is 7.45. The van der Waals surface area contributed by atoms with Gasteiger partial charge < -0.3 is 25.5 Å². The summed E-state index contributed by atoms with van der Waals surface area (Å²) in [5, 5.41) is 16.7. The van der Waals surface area contributed by atoms with Crippen molar-refractivity contribution in [1.82, 2.24) is 24.8 Å². The normalized spacial score (nSPS) is 22.3. The number of amides is 2. The van der Waals surface area contributed by atoms with Gasteiger partial charge in [-0.1, -0.05) is 6.08 Å². The van der Waals surface area contributed by atoms with Gasteiger partial charge in [-0.2, -0.15) is 0 Å². The number of β-amino-alcohol motifs (C(OH)–C–C–N with tert-alkyl or cyclic N) is 1. The summed E-state index contributed by atoms with van der Waals surface area (Å²) in [5.41, 5.74) is 6.21. The molecule has 0 radical (unpaired) electrons. The monoisotopic (exact) mass is 463 g/mol. The van der Waals surface area contributed by atoms with Crippen LogP contribution in [0.1, 0.15) is 18.4 Å². The molecule has 170 valence electrons. The van der Waals surface area contributed by atoms with Gasteiger partial charge in [-0.3, -0.25) is 0 Å². The average molecular weight is 464 g/mol. The maximum atomic E-state index is 12.7. The number of anilines is 3. The van der Waals surface area contributed by atoms with Gasteiger partial charge in [0, 0.05) is 43.9 Å². The Labute approximate surface area is 195 Å². The van der Waals surface area contributed by atoms with Crippen molar-refractivity contribution in [1.29, 1.82) is 0 Å². The number of aliphatic hydroxyl groups excluding tert-OH is 1. The number of urea groups is 1. The maximum Gasteiger partial charge on any atom is 0.320 e. The molecule has 0 spiro atoms. The van der Waals surface area contributed by atoms with Crippen LogP contribution in [0.15, 0.2) is 41.7 Å². The molecule has 1 fully saturated rings. The Morgan fingerprint density at radius 1 is 1.21 bits per heavy atom. The van der Waals surface area contributed by atoms with Gasteiger partial charge in [-0.15, -0.1) is 11.3 Å². The van der Waals surface area contributed by atoms with Gasteiger partial charge in [0.1, 0.15) is 18.0 Å². The molecule has 0 saturated carbocycles. The minimum atomic E-state index is -0.390. The molecule has 0 aliphatic carbocycles. The third kappa shape index (κ3) is 3.89. The van der Waals surface area contributed by atoms with Crippen LogP contribution in [0.3, 0.4) is 0 Å². The molecule has 2 atom stereocenters. The van der Waals surface area contributed by atoms with E-state index in [2.05, 4.69) is 37.7 Å². The molecule has 1 saturated heterocycles. The molecule has 33 heavy (non-hydrogen) atoms. The summed E-state index contributed by atoms with van der Waals surface area (Å²) >= 11 is 1.62. The number of benzene rings is 1. The molecule has 1 unspecified atom stereocenters. The zero-order valence-corrected chi connectivity index (χ0v) is 18.9. The number of hydrogen-bond donors (Lipinski definition) is 3. The summed E-state index contributed by atoms with van der Waals surface area (Å²) in [4.78, 5) is 29.6. The predicted octanol–water partition coefficient (Wildman–Crippen LogP) is 2.99. The van der Waals surface area contributed by atoms with Gasteiger partial charge in [0.15, 0.2) is 0 Å². The van der Waals surface area contributed by atoms with E-state index >= 15 is 0 Å². The lowest BCUT2D eigenvalue weighted by atomic mass is 9.97. The Morgan fingerprint density at radius 2 is 2.15 bits per heavy atom. The molecule has 9 nitrogen and oxygen atoms in total. The Hall–Kier alpha value is -3.24. The number of hydrogen-bond acceptors (Lipinski definition) is 8. The standard InChI is InChI=1S/C23H25N7O2S/c31-16-5-8-30(11-16)23(32)29-6-3-14(4-7-29)19-10-17-21(24-12-25-22(17)28-19)27-15-1-2-18-20(9-15)33-13-26-18/h1-3,9,12-13,16,19,31H,4-8,10-11H2,(H2,24,25,27,28)/t16-,19?/m0/s1. The van der Waals surface area contributed by atoms with Crippen LogP contribution in [0.25, 0.3) is 10.2 Å². The fraction of sp³-hybridized carbons (Fsp3) is 0.391. The minimum absolute atomic E-state index is 0.0276. The van der Waals surface area contributed by atoms with Crippen LogP contribution < -0.4 is 10.6 Å². The van der Waals surface area contributed by atoms with Gasteiger partial charge in [-0.05, 0) is 36.6 Å². The van der Waals surface area contributed by atoms with Crippen molar-refractivity contribution in [2.24, 2.45) is 0 Å². The number of carbonyl (C=O) groups excluding carboxylic acids is 1. The Bertz CT molecular complexity index is 1240. The van der Waals surface area contributed by atoms with Crippen LogP contribution in [-0.2, 0) is 6.42 Å². The Kier molecular flexibility index (Phi) is 5.11. The lowest BCUT2D eigenvalue weighted by Gasteiger charge is -2.32. The lowest BCUT2D eigenvalue weighted by molar-refractivity contribution is 0.148. The number of thiazole rings is 1. The van der Waals surface area contributed by atoms with Crippen molar-refractivity contribution in [3.8, 4) is 0 Å². The molecule has 3 aliphatic heterocycles. The average Bonchev–Trinajstić information content (AvgIpc) is 3.58. The number of rotatable bonds is 3. The molecule has 2 amide bonds. The first-order valence-electron chi connectivity index (χ1n) is 11.3. The first-order valence-corrected chi connectivity index (χ1v) is 12.1. The number of nitrogens with one attached hydrogen (secondary N) is 2. The van der Waals surface area contributed by atoms with Crippen LogP contribution in [0.4, 0.5) is 22.1 Å². The molecular weight excluding hydrogens is 438 g/mol. The Morgan fingerprint density at radius 3 is 2.97 bits per heavy atom. The smallest absolute Gasteiger partial charge is 0.320 e. The van der Waals surface area contributed by atoms with Crippen molar-refractivity contribution < 1.29 is 9.90 Å². The molecule has 10 heteroatoms. The van der Waals surface area contributed by atoms with E-state index in [0.29, 0.717) is 32.6 Å². The third-order valence-electron chi connectivity index (χ3n) is 6.65. The van der Waals surface area contributed by atoms with Gasteiger partial charge in [0.05, 0.1) is 27.9 Å². The fourth-order valence-corrected chi connectivity index (χ4v) is 5.56. The van der Waals surface area contributed by atoms with Gasteiger partial charge >= 0.3 is 6.03 Å². The summed E-state index contributed by atoms with van der Waals surface area (Å²) in [5.74, 6) is 1.68. The van der Waals surface area contributed by atoms with E-state index in [1.165, 1.54) is 5.57 Å². The number of carbonyl (C=O) groups is 1. The molecule has 5 heterocycles. The second kappa shape index (κ2) is 8.27. The zero-order valence-electron chi connectivity index (χ0n) is 18.1. The molecule has 0 bridgehead atoms. The van der Waals surface area contributed by atoms with Crippen molar-refractivity contribution >= 4 is 44.9 Å². The SMILES string of the molecule is O=C(N1CC=C(C2Cc3c(Nc4ccc5ncsc5c4)ncnc3N2)CC1)N1CC[C@H](O)C1. The van der Waals surface area contributed by atoms with Gasteiger partial charge in [0.2, 0.25) is 0 Å². The van der Waals surface area contributed by atoms with Gasteiger partial charge in [-0.25, -0.2) is 19.7 Å². The number of aliphatic hydroxyl groups is 1. The fourth-order valence-electron chi connectivity index (χ4n) is 4.84. The largest absolute Gasteiger partial charge is 0.391 e. The molecule has 3 N–H and O–H groups in total. The number of nitrogens with zero attached hydrogens (tertiary/aromatic N) is 5. The summed E-state index contributed by atoms with van der Waals surface area (Å²) in [6.45, 7) is 2.37. The highest BCUT2D eigenvalue weighted by molar-refractivity contribution is 7.16. The van der Waals surface area contributed by atoms with E-state index in [0.717, 1.165) is 45.9 Å². The first-order chi connectivity index (χ1) is 16.1. The van der Waals surface area contributed by atoms with Crippen LogP contribution in [0.5, 0.6) is 0 Å². The summed E-state index contributed by atoms with van der Waals surface area (Å²) in [6, 6.07) is 6.31. The van der Waals surface area contributed by atoms with E-state index in [4.69, 9.17) is 0 Å². The Balaban J connectivity index is 1.14. The van der Waals surface area contributed by atoms with Crippen LogP contribution >= 0.6 is 11.3 Å². The van der Waals surface area contributed by atoms with Crippen molar-refractivity contribution in [3.63, 3.8) is 0 Å². The molecule has 6 rings (SSSR count). The van der Waals surface area contributed by atoms with Gasteiger partial charge in [0.25, 0.3) is 0 Å². The summed E-state index contributed by atoms with van der Waals surface area (Å²) in [6.07, 6.45) is 5.66. The summed E-state index contributed by atoms with van der Waals surface area (Å²) in [7, 11) is 0. The highest BCUT2D eigenvalue weighted by Crippen LogP contribution is 2.35. The van der Waals surface area contributed by atoms with Crippen LogP contribution in [0.2, 0.25) is 0 Å². The number of fused-ring (bicyclic) bond motifs is 2. The zero-order chi connectivity index (χ0) is 22.4. The molecular formula is C23H25N7O2S. The highest BCUT2D eigenvalue weighted by atomic mass is 32.1. The highest BCUT2D eigenvalue weighted by Gasteiger charge is 2.32. The van der Waals surface area contributed by atoms with E-state index < -0.39 is 0 Å². The lowest BCUT2D eigenvalue weighted by Crippen LogP contribution is -2.45. The molecule has 2 aromatic heterocycles. The molecule has 1 aromatic carbocycles. The van der Waals surface area contributed by atoms with E-state index in [1.807, 2.05) is 22.5 Å². The predicted molar refractivity (Wildman–Crippen MR) is 128 cm³/mol.